The van der Waals surface area contributed by atoms with Crippen LogP contribution >= 0.6 is 0 Å². The van der Waals surface area contributed by atoms with E-state index in [4.69, 9.17) is 4.74 Å². The van der Waals surface area contributed by atoms with E-state index in [-0.39, 0.29) is 36.5 Å². The summed E-state index contributed by atoms with van der Waals surface area (Å²) >= 11 is 0.798. The van der Waals surface area contributed by atoms with E-state index in [0.29, 0.717) is 13.1 Å². The van der Waals surface area contributed by atoms with E-state index in [2.05, 4.69) is 3.92 Å². The number of carbonyl (C=O) groups is 2. The van der Waals surface area contributed by atoms with Gasteiger partial charge in [0.2, 0.25) is 0 Å². The molecule has 1 saturated heterocycles. The first kappa shape index (κ1) is 18.4. The fraction of sp³-hybridized carbons (Fsp3) is 0.579. The van der Waals surface area contributed by atoms with Crippen LogP contribution in [0.15, 0.2) is 30.3 Å². The molecule has 1 aromatic rings. The van der Waals surface area contributed by atoms with Gasteiger partial charge in [-0.3, -0.25) is 0 Å². The van der Waals surface area contributed by atoms with E-state index in [0.717, 1.165) is 44.1 Å². The van der Waals surface area contributed by atoms with Gasteiger partial charge in [-0.25, -0.2) is 0 Å². The number of hydrogen-bond donors (Lipinski definition) is 0. The van der Waals surface area contributed by atoms with Crippen molar-refractivity contribution in [3.8, 4) is 0 Å². The minimum atomic E-state index is -0.464. The number of imide groups is 1. The van der Waals surface area contributed by atoms with Crippen molar-refractivity contribution in [3.63, 3.8) is 0 Å². The number of benzene rings is 1. The topological polar surface area (TPSA) is 49.9 Å². The molecule has 26 heavy (non-hydrogen) atoms. The molecule has 0 atom stereocenters. The van der Waals surface area contributed by atoms with Crippen LogP contribution in [0.5, 0.6) is 0 Å². The molecular formula is C19H24N2O3Se2. The van der Waals surface area contributed by atoms with Crippen LogP contribution in [-0.4, -0.2) is 57.9 Å². The standard InChI is InChI=1S/C19H24N2O3Se2/c22-17(21-19(25-26-21)12-6-7-13-19)20(16-10-4-5-11-16)18(23)24-14-15-8-2-1-3-9-15/h1-3,8-9,16H,4-7,10-14H2. The Labute approximate surface area is 165 Å². The van der Waals surface area contributed by atoms with Crippen LogP contribution in [0.3, 0.4) is 0 Å². The van der Waals surface area contributed by atoms with E-state index in [1.54, 1.807) is 0 Å². The predicted molar refractivity (Wildman–Crippen MR) is 101 cm³/mol. The van der Waals surface area contributed by atoms with Gasteiger partial charge in [0.15, 0.2) is 0 Å². The zero-order valence-corrected chi connectivity index (χ0v) is 18.2. The van der Waals surface area contributed by atoms with Gasteiger partial charge in [0.1, 0.15) is 0 Å². The van der Waals surface area contributed by atoms with Crippen LogP contribution < -0.4 is 0 Å². The molecule has 3 aliphatic rings. The van der Waals surface area contributed by atoms with Gasteiger partial charge in [-0.1, -0.05) is 0 Å². The summed E-state index contributed by atoms with van der Waals surface area (Å²) in [5.41, 5.74) is 0.948. The third-order valence-corrected chi connectivity index (χ3v) is 15.3. The molecule has 0 N–H and O–H groups in total. The Bertz CT molecular complexity index is 658. The summed E-state index contributed by atoms with van der Waals surface area (Å²) in [5.74, 6) is 0. The Kier molecular flexibility index (Phi) is 5.60. The van der Waals surface area contributed by atoms with Gasteiger partial charge in [0.25, 0.3) is 0 Å². The second-order valence-electron chi connectivity index (χ2n) is 7.24. The molecule has 2 saturated carbocycles. The number of urea groups is 1. The van der Waals surface area contributed by atoms with E-state index >= 15 is 0 Å². The second-order valence-corrected chi connectivity index (χ2v) is 13.7. The van der Waals surface area contributed by atoms with Gasteiger partial charge in [0.05, 0.1) is 0 Å². The van der Waals surface area contributed by atoms with Crippen LogP contribution in [0.2, 0.25) is 0 Å². The van der Waals surface area contributed by atoms with Crippen LogP contribution in [0.1, 0.15) is 56.9 Å². The monoisotopic (exact) mass is 488 g/mol. The molecule has 0 bridgehead atoms. The van der Waals surface area contributed by atoms with Crippen molar-refractivity contribution in [2.24, 2.45) is 0 Å². The van der Waals surface area contributed by atoms with Crippen molar-refractivity contribution in [1.29, 1.82) is 0 Å². The fourth-order valence-electron chi connectivity index (χ4n) is 4.03. The Morgan fingerprint density at radius 3 is 2.42 bits per heavy atom. The van der Waals surface area contributed by atoms with Crippen molar-refractivity contribution in [2.75, 3.05) is 0 Å². The number of nitrogens with zero attached hydrogens (tertiary/aromatic N) is 2. The number of hydrogen-bond acceptors (Lipinski definition) is 3. The molecule has 140 valence electrons. The van der Waals surface area contributed by atoms with Crippen LogP contribution in [0, 0.1) is 0 Å². The quantitative estimate of drug-likeness (QED) is 0.615. The van der Waals surface area contributed by atoms with Gasteiger partial charge in [-0.15, -0.1) is 0 Å². The van der Waals surface area contributed by atoms with Crippen molar-refractivity contribution < 1.29 is 14.3 Å². The molecule has 2 aliphatic carbocycles. The van der Waals surface area contributed by atoms with Crippen LogP contribution in [0.4, 0.5) is 9.59 Å². The van der Waals surface area contributed by atoms with Crippen LogP contribution in [-0.2, 0) is 11.3 Å². The average molecular weight is 486 g/mol. The number of amides is 3. The molecule has 0 aromatic heterocycles. The summed E-state index contributed by atoms with van der Waals surface area (Å²) in [6.07, 6.45) is 8.19. The maximum atomic E-state index is 13.3. The predicted octanol–water partition coefficient (Wildman–Crippen LogP) is 3.51. The number of rotatable bonds is 3. The van der Waals surface area contributed by atoms with Crippen molar-refractivity contribution in [3.05, 3.63) is 35.9 Å². The van der Waals surface area contributed by atoms with Gasteiger partial charge in [-0.2, -0.15) is 0 Å². The first-order valence-electron chi connectivity index (χ1n) is 9.39. The normalized spacial score (nSPS) is 21.6. The maximum absolute atomic E-state index is 13.3. The molecule has 3 amide bonds. The summed E-state index contributed by atoms with van der Waals surface area (Å²) in [4.78, 5) is 27.6. The Morgan fingerprint density at radius 1 is 1.12 bits per heavy atom. The second kappa shape index (κ2) is 7.93. The Hall–Kier alpha value is -1.00. The molecule has 1 spiro atoms. The molecule has 4 rings (SSSR count). The summed E-state index contributed by atoms with van der Waals surface area (Å²) in [7, 11) is 0. The third kappa shape index (κ3) is 3.55. The van der Waals surface area contributed by atoms with Gasteiger partial charge in [0, 0.05) is 0 Å². The summed E-state index contributed by atoms with van der Waals surface area (Å²) in [5, 5.41) is 0. The molecule has 3 fully saturated rings. The summed E-state index contributed by atoms with van der Waals surface area (Å²) < 4.78 is 7.71. The zero-order valence-electron chi connectivity index (χ0n) is 14.8. The average Bonchev–Trinajstić information content (AvgIpc) is 3.33. The number of carbonyl (C=O) groups excluding carboxylic acids is 2. The molecule has 1 heterocycles. The van der Waals surface area contributed by atoms with Gasteiger partial charge in [-0.05, 0) is 0 Å². The van der Waals surface area contributed by atoms with Crippen molar-refractivity contribution in [2.45, 2.75) is 68.5 Å². The van der Waals surface area contributed by atoms with E-state index in [1.165, 1.54) is 17.7 Å². The van der Waals surface area contributed by atoms with Crippen molar-refractivity contribution >= 4 is 38.6 Å². The van der Waals surface area contributed by atoms with E-state index in [1.807, 2.05) is 30.3 Å². The fourth-order valence-corrected chi connectivity index (χ4v) is 13.0. The molecule has 1 aromatic carbocycles. The zero-order chi connectivity index (χ0) is 18.0. The van der Waals surface area contributed by atoms with Crippen molar-refractivity contribution in [1.82, 2.24) is 8.82 Å². The first-order chi connectivity index (χ1) is 12.7. The van der Waals surface area contributed by atoms with E-state index in [9.17, 15) is 9.59 Å². The number of ether oxygens (including phenoxy) is 1. The molecule has 5 nitrogen and oxygen atoms in total. The van der Waals surface area contributed by atoms with E-state index < -0.39 is 6.09 Å². The molecule has 7 heteroatoms. The third-order valence-electron chi connectivity index (χ3n) is 5.49. The first-order valence-corrected chi connectivity index (χ1v) is 15.4. The molecule has 0 unspecified atom stereocenters. The molecule has 0 radical (unpaired) electrons. The summed E-state index contributed by atoms with van der Waals surface area (Å²) in [6, 6.07) is 9.59. The van der Waals surface area contributed by atoms with Gasteiger partial charge >= 0.3 is 166 Å². The van der Waals surface area contributed by atoms with Gasteiger partial charge < -0.3 is 0 Å². The molecule has 1 aliphatic heterocycles. The Morgan fingerprint density at radius 2 is 1.81 bits per heavy atom. The Balaban J connectivity index is 1.47. The summed E-state index contributed by atoms with van der Waals surface area (Å²) in [6.45, 7) is 0.219. The SMILES string of the molecule is O=C(OCc1ccccc1)N(C(=O)N1[Se][Se]C12CCCC2)C1CCCC1. The molecular weight excluding hydrogens is 462 g/mol. The van der Waals surface area contributed by atoms with Crippen LogP contribution in [0.25, 0.3) is 0 Å². The minimum absolute atomic E-state index is 0.00752.